The zero-order valence-corrected chi connectivity index (χ0v) is 34.0. The van der Waals surface area contributed by atoms with Crippen molar-refractivity contribution >= 4 is 45.4 Å². The van der Waals surface area contributed by atoms with Crippen LogP contribution in [0.25, 0.3) is 0 Å². The van der Waals surface area contributed by atoms with Gasteiger partial charge in [-0.2, -0.15) is 0 Å². The van der Waals surface area contributed by atoms with E-state index in [1.807, 2.05) is 17.9 Å². The van der Waals surface area contributed by atoms with E-state index in [0.29, 0.717) is 36.6 Å². The molecule has 0 aliphatic heterocycles. The average molecular weight is 752 g/mol. The van der Waals surface area contributed by atoms with Gasteiger partial charge in [-0.3, -0.25) is 0 Å². The molecule has 0 rings (SSSR count). The molecule has 0 saturated carbocycles. The molecule has 0 spiro atoms. The van der Waals surface area contributed by atoms with Gasteiger partial charge in [-0.1, -0.05) is 0 Å². The molecule has 0 fully saturated rings. The molecule has 0 aliphatic rings. The van der Waals surface area contributed by atoms with E-state index in [0.717, 1.165) is 25.7 Å². The average Bonchev–Trinajstić information content (AvgIpc) is 3.02. The molecule has 0 radical (unpaired) electrons. The van der Waals surface area contributed by atoms with E-state index in [1.54, 1.807) is 0 Å². The topological polar surface area (TPSA) is 52.6 Å². The summed E-state index contributed by atoms with van der Waals surface area (Å²) >= 11 is -2.95. The van der Waals surface area contributed by atoms with Gasteiger partial charge in [0.15, 0.2) is 0 Å². The Morgan fingerprint density at radius 1 is 0.512 bits per heavy atom. The summed E-state index contributed by atoms with van der Waals surface area (Å²) in [5, 5.41) is 0. The fourth-order valence-electron chi connectivity index (χ4n) is 5.49. The van der Waals surface area contributed by atoms with Gasteiger partial charge in [-0.25, -0.2) is 0 Å². The van der Waals surface area contributed by atoms with Gasteiger partial charge in [0.2, 0.25) is 0 Å². The summed E-state index contributed by atoms with van der Waals surface area (Å²) in [4.78, 5) is 26.0. The van der Waals surface area contributed by atoms with E-state index in [2.05, 4.69) is 41.5 Å². The fraction of sp³-hybridized carbons (Fsp3) is 0.944. The third-order valence-corrected chi connectivity index (χ3v) is 38.7. The van der Waals surface area contributed by atoms with Crippen LogP contribution >= 0.6 is 17.9 Å². The Kier molecular flexibility index (Phi) is 31.4. The number of carbonyl (C=O) groups is 2. The van der Waals surface area contributed by atoms with Gasteiger partial charge in [0.1, 0.15) is 0 Å². The van der Waals surface area contributed by atoms with Crippen LogP contribution in [0, 0.1) is 11.8 Å². The zero-order valence-electron chi connectivity index (χ0n) is 29.5. The fourth-order valence-corrected chi connectivity index (χ4v) is 32.4. The van der Waals surface area contributed by atoms with Crippen LogP contribution in [-0.4, -0.2) is 52.3 Å². The standard InChI is InChI=1S/2C10H20O2S.2C8H17.Sn/c2*1-3-5-6-9(4-2)7-12-10(11)8-13;2*1-3-5-7-8-6-4-2;/h2*9,13H,3-8H2,1-2H3;2*1,3-8H2,2H3;/q;;;;+2/p-2. The molecule has 0 aromatic heterocycles. The van der Waals surface area contributed by atoms with Crippen molar-refractivity contribution in [3.8, 4) is 0 Å². The van der Waals surface area contributed by atoms with Crippen LogP contribution in [0.1, 0.15) is 170 Å². The third kappa shape index (κ3) is 25.2. The number of carbonyl (C=O) groups excluding carboxylic acids is 2. The second-order valence-corrected chi connectivity index (χ2v) is 39.1. The summed E-state index contributed by atoms with van der Waals surface area (Å²) in [5.41, 5.74) is 0. The molecular formula is C36H72O4S2Sn. The van der Waals surface area contributed by atoms with E-state index in [9.17, 15) is 9.59 Å². The maximum absolute atomic E-state index is 13.0. The molecule has 0 heterocycles. The molecule has 0 aromatic rings. The van der Waals surface area contributed by atoms with Crippen molar-refractivity contribution in [2.24, 2.45) is 11.8 Å². The molecule has 0 saturated heterocycles. The molecule has 256 valence electrons. The van der Waals surface area contributed by atoms with Crippen molar-refractivity contribution in [3.63, 3.8) is 0 Å². The first-order valence-electron chi connectivity index (χ1n) is 18.5. The van der Waals surface area contributed by atoms with Gasteiger partial charge >= 0.3 is 280 Å². The number of ether oxygens (including phenoxy) is 2. The molecule has 4 nitrogen and oxygen atoms in total. The first kappa shape index (κ1) is 43.4. The molecule has 0 N–H and O–H groups in total. The van der Waals surface area contributed by atoms with Gasteiger partial charge in [-0.15, -0.1) is 0 Å². The minimum absolute atomic E-state index is 0.0446. The quantitative estimate of drug-likeness (QED) is 0.0388. The Bertz CT molecular complexity index is 595. The van der Waals surface area contributed by atoms with E-state index >= 15 is 0 Å². The summed E-state index contributed by atoms with van der Waals surface area (Å²) in [6.07, 6.45) is 24.6. The summed E-state index contributed by atoms with van der Waals surface area (Å²) < 4.78 is 14.2. The first-order valence-corrected chi connectivity index (χ1v) is 31.5. The molecule has 0 aliphatic carbocycles. The second-order valence-electron chi connectivity index (χ2n) is 12.7. The van der Waals surface area contributed by atoms with Crippen LogP contribution in [0.4, 0.5) is 0 Å². The third-order valence-electron chi connectivity index (χ3n) is 8.78. The number of hydrogen-bond donors (Lipinski definition) is 0. The van der Waals surface area contributed by atoms with Crippen molar-refractivity contribution in [1.82, 2.24) is 0 Å². The van der Waals surface area contributed by atoms with Crippen LogP contribution < -0.4 is 0 Å². The van der Waals surface area contributed by atoms with Crippen molar-refractivity contribution in [3.05, 3.63) is 0 Å². The normalized spacial score (nSPS) is 13.2. The predicted octanol–water partition coefficient (Wildman–Crippen LogP) is 12.1. The van der Waals surface area contributed by atoms with Gasteiger partial charge < -0.3 is 0 Å². The van der Waals surface area contributed by atoms with Gasteiger partial charge in [0.05, 0.1) is 0 Å². The van der Waals surface area contributed by atoms with E-state index in [4.69, 9.17) is 9.47 Å². The van der Waals surface area contributed by atoms with Crippen molar-refractivity contribution in [2.45, 2.75) is 179 Å². The van der Waals surface area contributed by atoms with Crippen LogP contribution in [0.15, 0.2) is 0 Å². The van der Waals surface area contributed by atoms with Gasteiger partial charge in [0.25, 0.3) is 0 Å². The predicted molar refractivity (Wildman–Crippen MR) is 196 cm³/mol. The van der Waals surface area contributed by atoms with Crippen LogP contribution in [-0.2, 0) is 19.1 Å². The van der Waals surface area contributed by atoms with E-state index < -0.39 is 15.6 Å². The summed E-state index contributed by atoms with van der Waals surface area (Å²) in [6.45, 7) is 14.5. The second kappa shape index (κ2) is 31.1. The van der Waals surface area contributed by atoms with Crippen LogP contribution in [0.3, 0.4) is 0 Å². The molecular weight excluding hydrogens is 679 g/mol. The molecule has 0 bridgehead atoms. The number of rotatable bonds is 32. The Morgan fingerprint density at radius 3 is 1.21 bits per heavy atom. The first-order chi connectivity index (χ1) is 20.9. The summed E-state index contributed by atoms with van der Waals surface area (Å²) in [5.74, 6) is 1.78. The molecule has 0 aromatic carbocycles. The Labute approximate surface area is 278 Å². The maximum atomic E-state index is 13.0. The van der Waals surface area contributed by atoms with Crippen molar-refractivity contribution < 1.29 is 19.1 Å². The van der Waals surface area contributed by atoms with Crippen molar-refractivity contribution in [2.75, 3.05) is 24.7 Å². The minimum atomic E-state index is -2.95. The van der Waals surface area contributed by atoms with Gasteiger partial charge in [0, 0.05) is 0 Å². The van der Waals surface area contributed by atoms with E-state index in [1.165, 1.54) is 112 Å². The van der Waals surface area contributed by atoms with E-state index in [-0.39, 0.29) is 11.9 Å². The number of hydrogen-bond acceptors (Lipinski definition) is 6. The van der Waals surface area contributed by atoms with Crippen LogP contribution in [0.2, 0.25) is 8.87 Å². The van der Waals surface area contributed by atoms with Gasteiger partial charge in [-0.05, 0) is 0 Å². The summed E-state index contributed by atoms with van der Waals surface area (Å²) in [6, 6.07) is 0. The SMILES string of the molecule is CCCCCCC[CH2][Sn]([CH2]CCCCCCC)([S]CC(=O)OCC(CC)CCCC)[S]CC(=O)OCC(CC)CCCC. The molecule has 2 unspecified atom stereocenters. The monoisotopic (exact) mass is 752 g/mol. The molecule has 2 atom stereocenters. The Morgan fingerprint density at radius 2 is 0.860 bits per heavy atom. The number of esters is 2. The van der Waals surface area contributed by atoms with Crippen LogP contribution in [0.5, 0.6) is 0 Å². The number of unbranched alkanes of at least 4 members (excludes halogenated alkanes) is 12. The Balaban J connectivity index is 5.40. The molecule has 7 heteroatoms. The van der Waals surface area contributed by atoms with Crippen molar-refractivity contribution in [1.29, 1.82) is 0 Å². The molecule has 0 amide bonds. The Hall–Kier alpha value is 0.439. The summed E-state index contributed by atoms with van der Waals surface area (Å²) in [7, 11) is 3.93. The zero-order chi connectivity index (χ0) is 32.0. The molecule has 43 heavy (non-hydrogen) atoms.